The van der Waals surface area contributed by atoms with Crippen molar-refractivity contribution < 1.29 is 13.2 Å². The summed E-state index contributed by atoms with van der Waals surface area (Å²) in [6, 6.07) is 4.99. The van der Waals surface area contributed by atoms with Gasteiger partial charge in [-0.05, 0) is 49.9 Å². The number of rotatable bonds is 3. The second-order valence-electron chi connectivity index (χ2n) is 5.99. The average molecular weight is 337 g/mol. The molecular formula is C16H23N3O3S. The highest BCUT2D eigenvalue weighted by atomic mass is 32.2. The second kappa shape index (κ2) is 6.49. The first-order chi connectivity index (χ1) is 11.0. The molecule has 0 aliphatic carbocycles. The van der Waals surface area contributed by atoms with E-state index < -0.39 is 10.0 Å². The molecule has 2 aliphatic rings. The molecule has 0 bridgehead atoms. The van der Waals surface area contributed by atoms with E-state index in [0.717, 1.165) is 30.5 Å². The van der Waals surface area contributed by atoms with Crippen molar-refractivity contribution in [1.29, 1.82) is 0 Å². The van der Waals surface area contributed by atoms with Crippen LogP contribution in [0.15, 0.2) is 23.1 Å². The van der Waals surface area contributed by atoms with Crippen LogP contribution in [0.1, 0.15) is 31.7 Å². The van der Waals surface area contributed by atoms with Crippen molar-refractivity contribution in [2.45, 2.75) is 37.5 Å². The molecule has 7 heteroatoms. The third-order valence-corrected chi connectivity index (χ3v) is 6.37. The van der Waals surface area contributed by atoms with Crippen LogP contribution in [0.3, 0.4) is 0 Å². The molecule has 23 heavy (non-hydrogen) atoms. The molecule has 0 aromatic heterocycles. The second-order valence-corrected chi connectivity index (χ2v) is 7.93. The first-order valence-electron chi connectivity index (χ1n) is 8.22. The van der Waals surface area contributed by atoms with Gasteiger partial charge >= 0.3 is 6.03 Å². The molecule has 1 aromatic rings. The summed E-state index contributed by atoms with van der Waals surface area (Å²) in [6.45, 7) is 4.25. The highest BCUT2D eigenvalue weighted by molar-refractivity contribution is 7.89. The lowest BCUT2D eigenvalue weighted by atomic mass is 10.2. The SMILES string of the molecule is CCNC(=O)N1CCc2cc(S(=O)(=O)N3CCCCC3)ccc21. The molecule has 0 atom stereocenters. The van der Waals surface area contributed by atoms with Gasteiger partial charge in [0.05, 0.1) is 4.90 Å². The molecule has 1 fully saturated rings. The van der Waals surface area contributed by atoms with Gasteiger partial charge in [0, 0.05) is 31.9 Å². The molecule has 2 heterocycles. The van der Waals surface area contributed by atoms with Crippen LogP contribution in [-0.2, 0) is 16.4 Å². The first-order valence-corrected chi connectivity index (χ1v) is 9.66. The number of nitrogens with zero attached hydrogens (tertiary/aromatic N) is 2. The number of amides is 2. The average Bonchev–Trinajstić information content (AvgIpc) is 2.99. The minimum absolute atomic E-state index is 0.127. The summed E-state index contributed by atoms with van der Waals surface area (Å²) >= 11 is 0. The van der Waals surface area contributed by atoms with Gasteiger partial charge < -0.3 is 5.32 Å². The van der Waals surface area contributed by atoms with Gasteiger partial charge in [0.2, 0.25) is 10.0 Å². The Bertz CT molecular complexity index is 697. The number of hydrogen-bond donors (Lipinski definition) is 1. The van der Waals surface area contributed by atoms with E-state index in [9.17, 15) is 13.2 Å². The lowest BCUT2D eigenvalue weighted by molar-refractivity contribution is 0.247. The molecule has 126 valence electrons. The Labute approximate surface area is 137 Å². The maximum Gasteiger partial charge on any atom is 0.321 e. The molecular weight excluding hydrogens is 314 g/mol. The molecule has 1 saturated heterocycles. The van der Waals surface area contributed by atoms with Gasteiger partial charge in [-0.2, -0.15) is 4.31 Å². The van der Waals surface area contributed by atoms with Gasteiger partial charge in [0.15, 0.2) is 0 Å². The predicted octanol–water partition coefficient (Wildman–Crippen LogP) is 1.95. The van der Waals surface area contributed by atoms with Gasteiger partial charge in [0.1, 0.15) is 0 Å². The number of nitrogens with one attached hydrogen (secondary N) is 1. The Morgan fingerprint density at radius 3 is 2.61 bits per heavy atom. The summed E-state index contributed by atoms with van der Waals surface area (Å²) in [7, 11) is -3.42. The van der Waals surface area contributed by atoms with Crippen molar-refractivity contribution in [3.63, 3.8) is 0 Å². The van der Waals surface area contributed by atoms with Crippen molar-refractivity contribution in [2.24, 2.45) is 0 Å². The third kappa shape index (κ3) is 3.07. The van der Waals surface area contributed by atoms with Crippen LogP contribution >= 0.6 is 0 Å². The van der Waals surface area contributed by atoms with E-state index >= 15 is 0 Å². The number of anilines is 1. The molecule has 0 radical (unpaired) electrons. The summed E-state index contributed by atoms with van der Waals surface area (Å²) in [4.78, 5) is 14.0. The van der Waals surface area contributed by atoms with Crippen LogP contribution in [0, 0.1) is 0 Å². The standard InChI is InChI=1S/C16H23N3O3S/c1-2-17-16(20)19-11-8-13-12-14(6-7-15(13)19)23(21,22)18-9-4-3-5-10-18/h6-7,12H,2-5,8-11H2,1H3,(H,17,20). The number of carbonyl (C=O) groups excluding carboxylic acids is 1. The number of benzene rings is 1. The quantitative estimate of drug-likeness (QED) is 0.916. The predicted molar refractivity (Wildman–Crippen MR) is 89.2 cm³/mol. The van der Waals surface area contributed by atoms with Crippen molar-refractivity contribution in [1.82, 2.24) is 9.62 Å². The molecule has 1 N–H and O–H groups in total. The van der Waals surface area contributed by atoms with E-state index in [4.69, 9.17) is 0 Å². The fraction of sp³-hybridized carbons (Fsp3) is 0.562. The summed E-state index contributed by atoms with van der Waals surface area (Å²) in [5.41, 5.74) is 1.74. The summed E-state index contributed by atoms with van der Waals surface area (Å²) in [5.74, 6) is 0. The minimum Gasteiger partial charge on any atom is -0.338 e. The lowest BCUT2D eigenvalue weighted by Crippen LogP contribution is -2.38. The molecule has 6 nitrogen and oxygen atoms in total. The van der Waals surface area contributed by atoms with Crippen molar-refractivity contribution in [2.75, 3.05) is 31.1 Å². The molecule has 0 unspecified atom stereocenters. The smallest absolute Gasteiger partial charge is 0.321 e. The van der Waals surface area contributed by atoms with Crippen LogP contribution < -0.4 is 10.2 Å². The Balaban J connectivity index is 1.86. The van der Waals surface area contributed by atoms with E-state index in [1.165, 1.54) is 0 Å². The lowest BCUT2D eigenvalue weighted by Gasteiger charge is -2.26. The van der Waals surface area contributed by atoms with E-state index in [2.05, 4.69) is 5.32 Å². The fourth-order valence-corrected chi connectivity index (χ4v) is 4.82. The number of sulfonamides is 1. The highest BCUT2D eigenvalue weighted by Gasteiger charge is 2.29. The fourth-order valence-electron chi connectivity index (χ4n) is 3.25. The maximum absolute atomic E-state index is 12.7. The zero-order chi connectivity index (χ0) is 16.4. The van der Waals surface area contributed by atoms with E-state index in [1.807, 2.05) is 6.92 Å². The Morgan fingerprint density at radius 1 is 1.17 bits per heavy atom. The summed E-state index contributed by atoms with van der Waals surface area (Å²) < 4.78 is 27.1. The van der Waals surface area contributed by atoms with Gasteiger partial charge in [-0.15, -0.1) is 0 Å². The third-order valence-electron chi connectivity index (χ3n) is 4.47. The van der Waals surface area contributed by atoms with Crippen LogP contribution in [0.2, 0.25) is 0 Å². The van der Waals surface area contributed by atoms with Gasteiger partial charge in [-0.25, -0.2) is 13.2 Å². The number of piperidine rings is 1. The van der Waals surface area contributed by atoms with Gasteiger partial charge in [-0.1, -0.05) is 6.42 Å². The number of fused-ring (bicyclic) bond motifs is 1. The minimum atomic E-state index is -3.42. The Kier molecular flexibility index (Phi) is 4.59. The topological polar surface area (TPSA) is 69.7 Å². The normalized spacial score (nSPS) is 18.7. The largest absolute Gasteiger partial charge is 0.338 e. The molecule has 2 amide bonds. The van der Waals surface area contributed by atoms with Crippen molar-refractivity contribution >= 4 is 21.7 Å². The summed E-state index contributed by atoms with van der Waals surface area (Å²) in [6.07, 6.45) is 3.64. The highest BCUT2D eigenvalue weighted by Crippen LogP contribution is 2.31. The molecule has 0 spiro atoms. The Morgan fingerprint density at radius 2 is 1.91 bits per heavy atom. The van der Waals surface area contributed by atoms with Gasteiger partial charge in [0.25, 0.3) is 0 Å². The van der Waals surface area contributed by atoms with Crippen LogP contribution in [0.5, 0.6) is 0 Å². The molecule has 3 rings (SSSR count). The Hall–Kier alpha value is -1.60. The van der Waals surface area contributed by atoms with Crippen LogP contribution in [-0.4, -0.2) is 44.9 Å². The van der Waals surface area contributed by atoms with Crippen molar-refractivity contribution in [3.05, 3.63) is 23.8 Å². The van der Waals surface area contributed by atoms with Gasteiger partial charge in [-0.3, -0.25) is 4.90 Å². The van der Waals surface area contributed by atoms with E-state index in [1.54, 1.807) is 27.4 Å². The summed E-state index contributed by atoms with van der Waals surface area (Å²) in [5, 5.41) is 2.79. The van der Waals surface area contributed by atoms with E-state index in [-0.39, 0.29) is 6.03 Å². The zero-order valence-electron chi connectivity index (χ0n) is 13.4. The zero-order valence-corrected chi connectivity index (χ0v) is 14.2. The monoisotopic (exact) mass is 337 g/mol. The van der Waals surface area contributed by atoms with Crippen LogP contribution in [0.25, 0.3) is 0 Å². The number of carbonyl (C=O) groups is 1. The first kappa shape index (κ1) is 16.3. The molecule has 2 aliphatic heterocycles. The van der Waals surface area contributed by atoms with E-state index in [0.29, 0.717) is 37.5 Å². The number of hydrogen-bond acceptors (Lipinski definition) is 3. The van der Waals surface area contributed by atoms with Crippen molar-refractivity contribution in [3.8, 4) is 0 Å². The number of urea groups is 1. The van der Waals surface area contributed by atoms with Crippen LogP contribution in [0.4, 0.5) is 10.5 Å². The molecule has 1 aromatic carbocycles. The maximum atomic E-state index is 12.7. The molecule has 0 saturated carbocycles.